The number of piperidine rings is 1. The number of amides is 1. The van der Waals surface area contributed by atoms with Gasteiger partial charge in [-0.15, -0.1) is 0 Å². The fourth-order valence-electron chi connectivity index (χ4n) is 3.83. The Balaban J connectivity index is 2.10. The lowest BCUT2D eigenvalue weighted by Crippen LogP contribution is -2.65. The van der Waals surface area contributed by atoms with Gasteiger partial charge in [0.25, 0.3) is 0 Å². The number of ether oxygens (including phenoxy) is 1. The molecule has 16 heavy (non-hydrogen) atoms. The molecule has 1 amide bonds. The van der Waals surface area contributed by atoms with Crippen LogP contribution in [0.15, 0.2) is 0 Å². The first-order valence-corrected chi connectivity index (χ1v) is 7.31. The van der Waals surface area contributed by atoms with Crippen molar-refractivity contribution >= 4 is 28.5 Å². The summed E-state index contributed by atoms with van der Waals surface area (Å²) in [6.45, 7) is 2.86. The van der Waals surface area contributed by atoms with Gasteiger partial charge in [-0.2, -0.15) is 0 Å². The molecule has 2 bridgehead atoms. The lowest BCUT2D eigenvalue weighted by molar-refractivity contribution is -0.168. The molecule has 3 rings (SSSR count). The third-order valence-electron chi connectivity index (χ3n) is 4.99. The van der Waals surface area contributed by atoms with Crippen molar-refractivity contribution in [1.29, 1.82) is 0 Å². The molecule has 2 heterocycles. The third-order valence-corrected chi connectivity index (χ3v) is 6.62. The van der Waals surface area contributed by atoms with Crippen LogP contribution in [-0.2, 0) is 9.53 Å². The average molecular weight is 335 g/mol. The minimum Gasteiger partial charge on any atom is -0.371 e. The number of alkyl halides is 1. The van der Waals surface area contributed by atoms with E-state index < -0.39 is 0 Å². The first-order chi connectivity index (χ1) is 7.51. The highest BCUT2D eigenvalue weighted by Crippen LogP contribution is 2.58. The van der Waals surface area contributed by atoms with Crippen LogP contribution in [0, 0.1) is 5.41 Å². The topological polar surface area (TPSA) is 29.5 Å². The first-order valence-electron chi connectivity index (χ1n) is 6.06. The fourth-order valence-corrected chi connectivity index (χ4v) is 5.39. The van der Waals surface area contributed by atoms with Crippen LogP contribution >= 0.6 is 22.6 Å². The Morgan fingerprint density at radius 3 is 3.06 bits per heavy atom. The first kappa shape index (κ1) is 11.3. The van der Waals surface area contributed by atoms with Gasteiger partial charge < -0.3 is 9.64 Å². The molecule has 1 spiro atoms. The number of fused-ring (bicyclic) bond motifs is 1. The van der Waals surface area contributed by atoms with Gasteiger partial charge >= 0.3 is 0 Å². The van der Waals surface area contributed by atoms with Crippen molar-refractivity contribution in [2.45, 2.75) is 48.2 Å². The Bertz CT molecular complexity index is 348. The van der Waals surface area contributed by atoms with Gasteiger partial charge in [-0.1, -0.05) is 29.0 Å². The van der Waals surface area contributed by atoms with E-state index in [0.717, 1.165) is 25.9 Å². The number of likely N-dealkylation sites (N-methyl/N-ethyl adjacent to an activating group) is 1. The Morgan fingerprint density at radius 2 is 2.31 bits per heavy atom. The third kappa shape index (κ3) is 1.10. The summed E-state index contributed by atoms with van der Waals surface area (Å²) >= 11 is 2.50. The second kappa shape index (κ2) is 3.34. The lowest BCUT2D eigenvalue weighted by Gasteiger charge is -2.54. The van der Waals surface area contributed by atoms with Crippen LogP contribution in [0.4, 0.5) is 0 Å². The van der Waals surface area contributed by atoms with Crippen LogP contribution in [0.1, 0.15) is 32.6 Å². The average Bonchev–Trinajstić information content (AvgIpc) is 2.67. The molecule has 2 saturated heterocycles. The van der Waals surface area contributed by atoms with Gasteiger partial charge in [-0.05, 0) is 19.8 Å². The molecular weight excluding hydrogens is 317 g/mol. The monoisotopic (exact) mass is 335 g/mol. The van der Waals surface area contributed by atoms with E-state index in [2.05, 4.69) is 29.5 Å². The zero-order valence-electron chi connectivity index (χ0n) is 9.83. The van der Waals surface area contributed by atoms with Crippen LogP contribution in [0.3, 0.4) is 0 Å². The van der Waals surface area contributed by atoms with Crippen LogP contribution in [0.25, 0.3) is 0 Å². The molecule has 3 aliphatic rings. The normalized spacial score (nSPS) is 51.7. The number of halogens is 1. The number of likely N-dealkylation sites (tertiary alicyclic amines) is 1. The lowest BCUT2D eigenvalue weighted by atomic mass is 9.60. The van der Waals surface area contributed by atoms with E-state index >= 15 is 0 Å². The summed E-state index contributed by atoms with van der Waals surface area (Å²) in [6, 6.07) is 0.316. The molecule has 0 aromatic rings. The molecule has 0 aromatic heterocycles. The number of hydrogen-bond donors (Lipinski definition) is 0. The Morgan fingerprint density at radius 1 is 1.56 bits per heavy atom. The fraction of sp³-hybridized carbons (Fsp3) is 0.917. The van der Waals surface area contributed by atoms with Crippen LogP contribution in [0.5, 0.6) is 0 Å². The van der Waals surface area contributed by atoms with E-state index in [1.807, 2.05) is 11.9 Å². The predicted molar refractivity (Wildman–Crippen MR) is 69.6 cm³/mol. The second-order valence-electron chi connectivity index (χ2n) is 5.67. The molecule has 0 unspecified atom stereocenters. The summed E-state index contributed by atoms with van der Waals surface area (Å²) in [5, 5.41) is 0. The van der Waals surface area contributed by atoms with Crippen molar-refractivity contribution in [2.24, 2.45) is 5.41 Å². The quantitative estimate of drug-likeness (QED) is 0.500. The van der Waals surface area contributed by atoms with Crippen molar-refractivity contribution in [1.82, 2.24) is 4.90 Å². The Hall–Kier alpha value is 0.160. The highest BCUT2D eigenvalue weighted by atomic mass is 127. The number of nitrogens with zero attached hydrogens (tertiary/aromatic N) is 1. The number of carbonyl (C=O) groups is 1. The zero-order valence-corrected chi connectivity index (χ0v) is 12.0. The van der Waals surface area contributed by atoms with Crippen LogP contribution in [0.2, 0.25) is 0 Å². The van der Waals surface area contributed by atoms with E-state index in [-0.39, 0.29) is 11.0 Å². The van der Waals surface area contributed by atoms with Gasteiger partial charge in [0.1, 0.15) is 0 Å². The molecule has 0 aromatic carbocycles. The highest BCUT2D eigenvalue weighted by molar-refractivity contribution is 14.1. The molecule has 0 radical (unpaired) electrons. The Labute approximate surface area is 110 Å². The molecule has 4 atom stereocenters. The molecule has 0 N–H and O–H groups in total. The van der Waals surface area contributed by atoms with Crippen molar-refractivity contribution in [3.8, 4) is 0 Å². The molecule has 90 valence electrons. The number of hydrogen-bond acceptors (Lipinski definition) is 2. The van der Waals surface area contributed by atoms with E-state index in [9.17, 15) is 4.79 Å². The Kier molecular flexibility index (Phi) is 2.35. The van der Waals surface area contributed by atoms with Crippen molar-refractivity contribution < 1.29 is 9.53 Å². The molecule has 2 aliphatic heterocycles. The maximum Gasteiger partial charge on any atom is 0.231 e. The summed E-state index contributed by atoms with van der Waals surface area (Å²) < 4.78 is 6.65. The van der Waals surface area contributed by atoms with Gasteiger partial charge in [0, 0.05) is 17.4 Å². The summed E-state index contributed by atoms with van der Waals surface area (Å²) in [4.78, 5) is 14.5. The van der Waals surface area contributed by atoms with E-state index in [1.54, 1.807) is 0 Å². The standard InChI is InChI=1S/C12H18INO2/c1-11-5-3-4-9(13)12(11)6-8(7-16-12)14(2)10(11)15/h8-9H,3-7H2,1-2H3/t8-,9-,11+,12+/m0/s1. The minimum absolute atomic E-state index is 0.167. The molecular formula is C12H18INO2. The van der Waals surface area contributed by atoms with Crippen LogP contribution in [-0.4, -0.2) is 40.0 Å². The molecule has 3 nitrogen and oxygen atoms in total. The van der Waals surface area contributed by atoms with Crippen molar-refractivity contribution in [2.75, 3.05) is 13.7 Å². The number of rotatable bonds is 0. The maximum absolute atomic E-state index is 12.5. The van der Waals surface area contributed by atoms with Crippen LogP contribution < -0.4 is 0 Å². The van der Waals surface area contributed by atoms with E-state index in [1.165, 1.54) is 6.42 Å². The van der Waals surface area contributed by atoms with Crippen molar-refractivity contribution in [3.63, 3.8) is 0 Å². The largest absolute Gasteiger partial charge is 0.371 e. The van der Waals surface area contributed by atoms with Gasteiger partial charge in [-0.3, -0.25) is 4.79 Å². The second-order valence-corrected chi connectivity index (χ2v) is 7.17. The van der Waals surface area contributed by atoms with Gasteiger partial charge in [0.2, 0.25) is 5.91 Å². The highest BCUT2D eigenvalue weighted by Gasteiger charge is 2.67. The zero-order chi connectivity index (χ0) is 11.6. The summed E-state index contributed by atoms with van der Waals surface area (Å²) in [6.07, 6.45) is 4.38. The van der Waals surface area contributed by atoms with Crippen molar-refractivity contribution in [3.05, 3.63) is 0 Å². The van der Waals surface area contributed by atoms with E-state index in [0.29, 0.717) is 15.9 Å². The molecule has 4 heteroatoms. The maximum atomic E-state index is 12.5. The SMILES string of the molecule is CN1C(=O)[C@@]2(C)CCC[C@H](I)[C@]23C[C@H]1CO3. The summed E-state index contributed by atoms with van der Waals surface area (Å²) in [5.74, 6) is 0.308. The number of carbonyl (C=O) groups excluding carboxylic acids is 1. The molecule has 1 aliphatic carbocycles. The van der Waals surface area contributed by atoms with E-state index in [4.69, 9.17) is 4.74 Å². The summed E-state index contributed by atoms with van der Waals surface area (Å²) in [7, 11) is 1.94. The molecule has 1 saturated carbocycles. The van der Waals surface area contributed by atoms with Gasteiger partial charge in [-0.25, -0.2) is 0 Å². The minimum atomic E-state index is -0.279. The molecule has 3 fully saturated rings. The van der Waals surface area contributed by atoms with Gasteiger partial charge in [0.15, 0.2) is 0 Å². The van der Waals surface area contributed by atoms with Gasteiger partial charge in [0.05, 0.1) is 23.7 Å². The smallest absolute Gasteiger partial charge is 0.231 e. The summed E-state index contributed by atoms with van der Waals surface area (Å²) in [5.41, 5.74) is -0.446. The predicted octanol–water partition coefficient (Wildman–Crippen LogP) is 1.98.